The first-order valence-corrected chi connectivity index (χ1v) is 12.7. The van der Waals surface area contributed by atoms with Crippen LogP contribution >= 0.6 is 34.4 Å². The molecule has 1 atom stereocenters. The number of hydrogen-bond acceptors (Lipinski definition) is 8. The van der Waals surface area contributed by atoms with Crippen LogP contribution in [0.3, 0.4) is 0 Å². The number of carbonyl (C=O) groups excluding carboxylic acids is 2. The number of thiophene rings is 1. The van der Waals surface area contributed by atoms with Gasteiger partial charge in [-0.1, -0.05) is 18.2 Å². The fraction of sp³-hybridized carbons (Fsp3) is 0.0870. The van der Waals surface area contributed by atoms with Gasteiger partial charge in [-0.05, 0) is 42.6 Å². The summed E-state index contributed by atoms with van der Waals surface area (Å²) >= 11 is 4.02. The smallest absolute Gasteiger partial charge is 0.270 e. The van der Waals surface area contributed by atoms with Crippen molar-refractivity contribution < 1.29 is 14.5 Å². The maximum Gasteiger partial charge on any atom is 0.270 e. The largest absolute Gasteiger partial charge is 0.321 e. The van der Waals surface area contributed by atoms with E-state index in [1.165, 1.54) is 46.6 Å². The molecule has 2 aromatic carbocycles. The molecule has 2 heterocycles. The highest BCUT2D eigenvalue weighted by molar-refractivity contribution is 8.00. The van der Waals surface area contributed by atoms with Crippen LogP contribution in [0.1, 0.15) is 16.6 Å². The molecule has 0 aliphatic rings. The molecule has 0 saturated carbocycles. The van der Waals surface area contributed by atoms with Crippen LogP contribution < -0.4 is 10.6 Å². The summed E-state index contributed by atoms with van der Waals surface area (Å²) in [6, 6.07) is 17.1. The highest BCUT2D eigenvalue weighted by Crippen LogP contribution is 2.29. The molecule has 34 heavy (non-hydrogen) atoms. The molecular formula is C23H18N4O4S3. The number of nitrogens with zero attached hydrogens (tertiary/aromatic N) is 2. The lowest BCUT2D eigenvalue weighted by molar-refractivity contribution is -0.384. The Morgan fingerprint density at radius 1 is 1.06 bits per heavy atom. The van der Waals surface area contributed by atoms with Crippen molar-refractivity contribution in [2.45, 2.75) is 17.1 Å². The molecule has 0 aliphatic carbocycles. The molecule has 0 fully saturated rings. The highest BCUT2D eigenvalue weighted by Gasteiger charge is 2.17. The SMILES string of the molecule is CC(Sc1ccc(NC(=O)c2cccs2)cc1)C(=O)Nc1nc(-c2cccc([N+](=O)[O-])c2)cs1. The van der Waals surface area contributed by atoms with E-state index in [0.29, 0.717) is 27.0 Å². The van der Waals surface area contributed by atoms with Gasteiger partial charge < -0.3 is 10.6 Å². The zero-order valence-corrected chi connectivity index (χ0v) is 20.2. The van der Waals surface area contributed by atoms with Crippen molar-refractivity contribution in [1.82, 2.24) is 4.98 Å². The van der Waals surface area contributed by atoms with E-state index < -0.39 is 10.2 Å². The van der Waals surface area contributed by atoms with Crippen molar-refractivity contribution in [1.29, 1.82) is 0 Å². The van der Waals surface area contributed by atoms with Gasteiger partial charge >= 0.3 is 0 Å². The molecule has 0 saturated heterocycles. The van der Waals surface area contributed by atoms with Crippen molar-refractivity contribution in [3.05, 3.63) is 86.4 Å². The van der Waals surface area contributed by atoms with Gasteiger partial charge in [0.25, 0.3) is 11.6 Å². The van der Waals surface area contributed by atoms with Gasteiger partial charge in [0.1, 0.15) is 0 Å². The van der Waals surface area contributed by atoms with Crippen molar-refractivity contribution in [3.8, 4) is 11.3 Å². The Kier molecular flexibility index (Phi) is 7.36. The summed E-state index contributed by atoms with van der Waals surface area (Å²) in [4.78, 5) is 41.2. The molecule has 2 N–H and O–H groups in total. The molecule has 8 nitrogen and oxygen atoms in total. The van der Waals surface area contributed by atoms with Gasteiger partial charge in [-0.25, -0.2) is 4.98 Å². The quantitative estimate of drug-likeness (QED) is 0.167. The number of nitrogens with one attached hydrogen (secondary N) is 2. The topological polar surface area (TPSA) is 114 Å². The third-order valence-electron chi connectivity index (χ3n) is 4.63. The maximum atomic E-state index is 12.6. The fourth-order valence-electron chi connectivity index (χ4n) is 2.92. The summed E-state index contributed by atoms with van der Waals surface area (Å²) in [6.07, 6.45) is 0. The number of benzene rings is 2. The Bertz CT molecular complexity index is 1320. The Labute approximate surface area is 207 Å². The lowest BCUT2D eigenvalue weighted by atomic mass is 10.1. The number of thioether (sulfide) groups is 1. The lowest BCUT2D eigenvalue weighted by Gasteiger charge is -2.11. The maximum absolute atomic E-state index is 12.6. The minimum Gasteiger partial charge on any atom is -0.321 e. The first-order valence-electron chi connectivity index (χ1n) is 10.0. The molecule has 2 amide bonds. The number of nitro groups is 1. The molecule has 0 bridgehead atoms. The minimum absolute atomic E-state index is 0.0155. The van der Waals surface area contributed by atoms with Crippen molar-refractivity contribution in [3.63, 3.8) is 0 Å². The predicted molar refractivity (Wildman–Crippen MR) is 137 cm³/mol. The number of thiazole rings is 1. The number of non-ortho nitro benzene ring substituents is 1. The summed E-state index contributed by atoms with van der Waals surface area (Å²) in [5.74, 6) is -0.365. The number of amides is 2. The van der Waals surface area contributed by atoms with Crippen molar-refractivity contribution in [2.75, 3.05) is 10.6 Å². The van der Waals surface area contributed by atoms with Crippen LogP contribution in [0.25, 0.3) is 11.3 Å². The second-order valence-electron chi connectivity index (χ2n) is 7.05. The number of aromatic nitrogens is 1. The molecule has 172 valence electrons. The van der Waals surface area contributed by atoms with E-state index in [-0.39, 0.29) is 17.5 Å². The Balaban J connectivity index is 1.33. The molecule has 1 unspecified atom stereocenters. The molecule has 2 aromatic heterocycles. The van der Waals surface area contributed by atoms with E-state index in [1.54, 1.807) is 42.6 Å². The Morgan fingerprint density at radius 3 is 2.56 bits per heavy atom. The molecule has 0 aliphatic heterocycles. The summed E-state index contributed by atoms with van der Waals surface area (Å²) in [7, 11) is 0. The van der Waals surface area contributed by atoms with Crippen LogP contribution in [0.5, 0.6) is 0 Å². The van der Waals surface area contributed by atoms with Gasteiger partial charge in [0.15, 0.2) is 5.13 Å². The number of rotatable bonds is 8. The second-order valence-corrected chi connectivity index (χ2v) is 10.3. The van der Waals surface area contributed by atoms with E-state index in [9.17, 15) is 19.7 Å². The summed E-state index contributed by atoms with van der Waals surface area (Å²) < 4.78 is 0. The van der Waals surface area contributed by atoms with Gasteiger partial charge in [-0.2, -0.15) is 0 Å². The van der Waals surface area contributed by atoms with Crippen LogP contribution in [-0.4, -0.2) is 27.0 Å². The minimum atomic E-state index is -0.457. The first-order chi connectivity index (χ1) is 16.4. The van der Waals surface area contributed by atoms with E-state index in [4.69, 9.17) is 0 Å². The average Bonchev–Trinajstić information content (AvgIpc) is 3.53. The highest BCUT2D eigenvalue weighted by atomic mass is 32.2. The fourth-order valence-corrected chi connectivity index (χ4v) is 5.13. The molecule has 0 spiro atoms. The summed E-state index contributed by atoms with van der Waals surface area (Å²) in [6.45, 7) is 1.79. The van der Waals surface area contributed by atoms with Crippen LogP contribution in [-0.2, 0) is 4.79 Å². The monoisotopic (exact) mass is 510 g/mol. The van der Waals surface area contributed by atoms with E-state index in [0.717, 1.165) is 4.90 Å². The number of hydrogen-bond donors (Lipinski definition) is 2. The van der Waals surface area contributed by atoms with Gasteiger partial charge in [0.2, 0.25) is 5.91 Å². The van der Waals surface area contributed by atoms with E-state index in [1.807, 2.05) is 23.6 Å². The Hall–Kier alpha value is -3.54. The average molecular weight is 511 g/mol. The Morgan fingerprint density at radius 2 is 1.85 bits per heavy atom. The molecule has 4 aromatic rings. The number of nitro benzene ring substituents is 1. The summed E-state index contributed by atoms with van der Waals surface area (Å²) in [5.41, 5.74) is 1.83. The number of anilines is 2. The van der Waals surface area contributed by atoms with Gasteiger partial charge in [0.05, 0.1) is 20.7 Å². The normalized spacial score (nSPS) is 11.6. The van der Waals surface area contributed by atoms with Crippen molar-refractivity contribution >= 4 is 62.8 Å². The summed E-state index contributed by atoms with van der Waals surface area (Å²) in [5, 5.41) is 20.3. The molecular weight excluding hydrogens is 492 g/mol. The predicted octanol–water partition coefficient (Wildman–Crippen LogP) is 6.15. The number of carbonyl (C=O) groups is 2. The molecule has 4 rings (SSSR count). The van der Waals surface area contributed by atoms with E-state index in [2.05, 4.69) is 15.6 Å². The van der Waals surface area contributed by atoms with Gasteiger partial charge in [0, 0.05) is 33.7 Å². The second kappa shape index (κ2) is 10.6. The van der Waals surface area contributed by atoms with Crippen LogP contribution in [0.2, 0.25) is 0 Å². The standard InChI is InChI=1S/C23H18N4O4S3/c1-14(34-18-9-7-16(8-10-18)24-22(29)20-6-3-11-32-20)21(28)26-23-25-19(13-33-23)15-4-2-5-17(12-15)27(30)31/h2-14H,1H3,(H,24,29)(H,25,26,28). The first kappa shape index (κ1) is 23.6. The van der Waals surface area contributed by atoms with E-state index >= 15 is 0 Å². The molecule has 0 radical (unpaired) electrons. The molecule has 11 heteroatoms. The lowest BCUT2D eigenvalue weighted by Crippen LogP contribution is -2.22. The van der Waals surface area contributed by atoms with Gasteiger partial charge in [-0.3, -0.25) is 19.7 Å². The zero-order valence-electron chi connectivity index (χ0n) is 17.8. The third kappa shape index (κ3) is 5.87. The van der Waals surface area contributed by atoms with Crippen molar-refractivity contribution in [2.24, 2.45) is 0 Å². The third-order valence-corrected chi connectivity index (χ3v) is 7.36. The van der Waals surface area contributed by atoms with Crippen LogP contribution in [0.15, 0.2) is 76.3 Å². The van der Waals surface area contributed by atoms with Crippen LogP contribution in [0, 0.1) is 10.1 Å². The van der Waals surface area contributed by atoms with Crippen LogP contribution in [0.4, 0.5) is 16.5 Å². The zero-order chi connectivity index (χ0) is 24.1. The van der Waals surface area contributed by atoms with Gasteiger partial charge in [-0.15, -0.1) is 34.4 Å².